The van der Waals surface area contributed by atoms with E-state index in [1.54, 1.807) is 25.4 Å². The molecule has 1 saturated heterocycles. The van der Waals surface area contributed by atoms with Gasteiger partial charge in [0.15, 0.2) is 0 Å². The van der Waals surface area contributed by atoms with E-state index in [1.165, 1.54) is 12.1 Å². The van der Waals surface area contributed by atoms with Crippen molar-refractivity contribution in [2.24, 2.45) is 0 Å². The Balaban J connectivity index is 1.28. The van der Waals surface area contributed by atoms with E-state index in [2.05, 4.69) is 30.8 Å². The number of methoxy groups -OCH3 is 1. The van der Waals surface area contributed by atoms with E-state index < -0.39 is 0 Å². The summed E-state index contributed by atoms with van der Waals surface area (Å²) in [7, 11) is 1.62. The Bertz CT molecular complexity index is 1060. The number of urea groups is 1. The number of amides is 2. The molecule has 8 nitrogen and oxygen atoms in total. The van der Waals surface area contributed by atoms with Gasteiger partial charge in [-0.05, 0) is 54.4 Å². The van der Waals surface area contributed by atoms with Crippen LogP contribution in [0.5, 0.6) is 5.75 Å². The summed E-state index contributed by atoms with van der Waals surface area (Å²) >= 11 is 0. The number of hydrogen-bond donors (Lipinski definition) is 3. The number of anilines is 3. The highest BCUT2D eigenvalue weighted by molar-refractivity contribution is 5.74. The number of nitrogens with one attached hydrogen (secondary N) is 3. The first-order valence-corrected chi connectivity index (χ1v) is 10.4. The molecule has 9 heteroatoms. The minimum atomic E-state index is -0.298. The van der Waals surface area contributed by atoms with Crippen LogP contribution in [0, 0.1) is 5.82 Å². The lowest BCUT2D eigenvalue weighted by Gasteiger charge is -2.18. The average molecular weight is 436 g/mol. The molecule has 32 heavy (non-hydrogen) atoms. The number of carbonyl (C=O) groups is 1. The highest BCUT2D eigenvalue weighted by atomic mass is 19.1. The van der Waals surface area contributed by atoms with E-state index in [0.29, 0.717) is 24.7 Å². The molecule has 1 unspecified atom stereocenters. The first-order valence-electron chi connectivity index (χ1n) is 10.4. The Morgan fingerprint density at radius 1 is 1.22 bits per heavy atom. The zero-order valence-electron chi connectivity index (χ0n) is 17.7. The molecule has 2 aromatic carbocycles. The molecule has 2 heterocycles. The number of halogens is 1. The molecule has 4 rings (SSSR count). The SMILES string of the molecule is COc1cccc(CNC(=O)NC2CCN(c3ccnc(Nc4ccc(F)cc4)n3)C2)c1. The third-order valence-corrected chi connectivity index (χ3v) is 5.18. The van der Waals surface area contributed by atoms with E-state index >= 15 is 0 Å². The molecule has 0 radical (unpaired) electrons. The molecule has 1 aromatic heterocycles. The van der Waals surface area contributed by atoms with Crippen LogP contribution in [0.25, 0.3) is 0 Å². The maximum Gasteiger partial charge on any atom is 0.315 e. The van der Waals surface area contributed by atoms with Crippen LogP contribution in [-0.4, -0.2) is 42.2 Å². The summed E-state index contributed by atoms with van der Waals surface area (Å²) < 4.78 is 18.3. The summed E-state index contributed by atoms with van der Waals surface area (Å²) in [6, 6.07) is 15.2. The molecular formula is C23H25FN6O2. The minimum absolute atomic E-state index is 0.0174. The third-order valence-electron chi connectivity index (χ3n) is 5.18. The Kier molecular flexibility index (Phi) is 6.64. The lowest BCUT2D eigenvalue weighted by molar-refractivity contribution is 0.237. The minimum Gasteiger partial charge on any atom is -0.497 e. The number of ether oxygens (including phenoxy) is 1. The Morgan fingerprint density at radius 3 is 2.88 bits per heavy atom. The molecule has 0 spiro atoms. The van der Waals surface area contributed by atoms with E-state index in [9.17, 15) is 9.18 Å². The van der Waals surface area contributed by atoms with Crippen LogP contribution in [-0.2, 0) is 6.54 Å². The van der Waals surface area contributed by atoms with Crippen molar-refractivity contribution >= 4 is 23.5 Å². The molecular weight excluding hydrogens is 411 g/mol. The van der Waals surface area contributed by atoms with Gasteiger partial charge in [-0.15, -0.1) is 0 Å². The van der Waals surface area contributed by atoms with E-state index in [1.807, 2.05) is 30.3 Å². The molecule has 1 atom stereocenters. The van der Waals surface area contributed by atoms with Crippen molar-refractivity contribution in [2.45, 2.75) is 19.0 Å². The molecule has 1 aliphatic rings. The van der Waals surface area contributed by atoms with Gasteiger partial charge in [0, 0.05) is 37.6 Å². The largest absolute Gasteiger partial charge is 0.497 e. The van der Waals surface area contributed by atoms with E-state index in [0.717, 1.165) is 30.1 Å². The van der Waals surface area contributed by atoms with Crippen LogP contribution < -0.4 is 25.6 Å². The second kappa shape index (κ2) is 9.95. The van der Waals surface area contributed by atoms with Crippen molar-refractivity contribution in [3.05, 3.63) is 72.2 Å². The van der Waals surface area contributed by atoms with Crippen molar-refractivity contribution in [1.82, 2.24) is 20.6 Å². The van der Waals surface area contributed by atoms with Gasteiger partial charge in [-0.1, -0.05) is 12.1 Å². The van der Waals surface area contributed by atoms with Gasteiger partial charge in [0.1, 0.15) is 17.4 Å². The maximum atomic E-state index is 13.1. The third kappa shape index (κ3) is 5.63. The lowest BCUT2D eigenvalue weighted by Crippen LogP contribution is -2.43. The van der Waals surface area contributed by atoms with Crippen molar-refractivity contribution < 1.29 is 13.9 Å². The van der Waals surface area contributed by atoms with Crippen molar-refractivity contribution in [2.75, 3.05) is 30.4 Å². The zero-order valence-corrected chi connectivity index (χ0v) is 17.7. The van der Waals surface area contributed by atoms with Crippen molar-refractivity contribution in [3.63, 3.8) is 0 Å². The fraction of sp³-hybridized carbons (Fsp3) is 0.261. The van der Waals surface area contributed by atoms with Gasteiger partial charge in [-0.3, -0.25) is 0 Å². The summed E-state index contributed by atoms with van der Waals surface area (Å²) in [4.78, 5) is 23.2. The second-order valence-corrected chi connectivity index (χ2v) is 7.48. The Hall–Kier alpha value is -3.88. The first kappa shape index (κ1) is 21.4. The molecule has 166 valence electrons. The van der Waals surface area contributed by atoms with E-state index in [-0.39, 0.29) is 17.9 Å². The summed E-state index contributed by atoms with van der Waals surface area (Å²) in [5.74, 6) is 1.66. The predicted molar refractivity (Wildman–Crippen MR) is 121 cm³/mol. The van der Waals surface area contributed by atoms with Crippen LogP contribution >= 0.6 is 0 Å². The van der Waals surface area contributed by atoms with Gasteiger partial charge >= 0.3 is 6.03 Å². The molecule has 1 fully saturated rings. The van der Waals surface area contributed by atoms with Crippen LogP contribution in [0.15, 0.2) is 60.8 Å². The summed E-state index contributed by atoms with van der Waals surface area (Å²) in [6.45, 7) is 1.84. The predicted octanol–water partition coefficient (Wildman–Crippen LogP) is 3.45. The van der Waals surface area contributed by atoms with Crippen molar-refractivity contribution in [3.8, 4) is 5.75 Å². The number of rotatable bonds is 7. The second-order valence-electron chi connectivity index (χ2n) is 7.48. The van der Waals surface area contributed by atoms with Gasteiger partial charge < -0.3 is 25.6 Å². The lowest BCUT2D eigenvalue weighted by atomic mass is 10.2. The molecule has 3 N–H and O–H groups in total. The van der Waals surface area contributed by atoms with Crippen LogP contribution in [0.3, 0.4) is 0 Å². The zero-order chi connectivity index (χ0) is 22.3. The Morgan fingerprint density at radius 2 is 2.06 bits per heavy atom. The molecule has 0 aliphatic carbocycles. The van der Waals surface area contributed by atoms with Gasteiger partial charge in [0.05, 0.1) is 7.11 Å². The normalized spacial score (nSPS) is 15.3. The van der Waals surface area contributed by atoms with Crippen LogP contribution in [0.2, 0.25) is 0 Å². The van der Waals surface area contributed by atoms with E-state index in [4.69, 9.17) is 4.74 Å². The average Bonchev–Trinajstić information content (AvgIpc) is 3.28. The summed E-state index contributed by atoms with van der Waals surface area (Å²) in [5.41, 5.74) is 1.67. The van der Waals surface area contributed by atoms with Gasteiger partial charge in [-0.25, -0.2) is 14.2 Å². The quantitative estimate of drug-likeness (QED) is 0.526. The molecule has 3 aromatic rings. The number of nitrogens with zero attached hydrogens (tertiary/aromatic N) is 3. The molecule has 2 amide bonds. The van der Waals surface area contributed by atoms with Crippen molar-refractivity contribution in [1.29, 1.82) is 0 Å². The fourth-order valence-electron chi connectivity index (χ4n) is 3.54. The number of hydrogen-bond acceptors (Lipinski definition) is 6. The van der Waals surface area contributed by atoms with Gasteiger partial charge in [-0.2, -0.15) is 4.98 Å². The first-order chi connectivity index (χ1) is 15.6. The molecule has 0 saturated carbocycles. The summed E-state index contributed by atoms with van der Waals surface area (Å²) in [6.07, 6.45) is 2.49. The smallest absolute Gasteiger partial charge is 0.315 e. The molecule has 0 bridgehead atoms. The highest BCUT2D eigenvalue weighted by Gasteiger charge is 2.25. The van der Waals surface area contributed by atoms with Gasteiger partial charge in [0.25, 0.3) is 0 Å². The number of aromatic nitrogens is 2. The number of benzene rings is 2. The summed E-state index contributed by atoms with van der Waals surface area (Å²) in [5, 5.41) is 8.98. The maximum absolute atomic E-state index is 13.1. The fourth-order valence-corrected chi connectivity index (χ4v) is 3.54. The van der Waals surface area contributed by atoms with Crippen LogP contribution in [0.1, 0.15) is 12.0 Å². The molecule has 1 aliphatic heterocycles. The standard InChI is InChI=1S/C23H25FN6O2/c1-32-20-4-2-3-16(13-20)14-26-23(31)28-19-10-12-30(15-19)21-9-11-25-22(29-21)27-18-7-5-17(24)6-8-18/h2-9,11,13,19H,10,12,14-15H2,1H3,(H,25,27,29)(H2,26,28,31). The topological polar surface area (TPSA) is 91.4 Å². The number of carbonyl (C=O) groups excluding carboxylic acids is 1. The monoisotopic (exact) mass is 436 g/mol. The Labute approximate surface area is 185 Å². The highest BCUT2D eigenvalue weighted by Crippen LogP contribution is 2.21. The van der Waals surface area contributed by atoms with Gasteiger partial charge in [0.2, 0.25) is 5.95 Å². The van der Waals surface area contributed by atoms with Crippen LogP contribution in [0.4, 0.5) is 26.6 Å².